The molecule has 3 N–H and O–H groups in total. The molecular weight excluding hydrogens is 248 g/mol. The number of nitrogens with one attached hydrogen (secondary N) is 1. The second-order valence-electron chi connectivity index (χ2n) is 4.25. The second-order valence-corrected chi connectivity index (χ2v) is 4.25. The quantitative estimate of drug-likeness (QED) is 0.587. The van der Waals surface area contributed by atoms with Crippen molar-refractivity contribution in [2.24, 2.45) is 0 Å². The first-order chi connectivity index (χ1) is 9.13. The predicted octanol–water partition coefficient (Wildman–Crippen LogP) is 0.259. The van der Waals surface area contributed by atoms with Gasteiger partial charge in [-0.05, 0) is 12.8 Å². The Bertz CT molecular complexity index is 517. The maximum Gasteiger partial charge on any atom is 0.330 e. The number of nitrogens with zero attached hydrogens (tertiary/aromatic N) is 2. The Morgan fingerprint density at radius 1 is 1.63 bits per heavy atom. The van der Waals surface area contributed by atoms with Crippen LogP contribution in [0.4, 0.5) is 5.82 Å². The predicted molar refractivity (Wildman–Crippen MR) is 68.4 cm³/mol. The minimum Gasteiger partial charge on any atom is -0.466 e. The van der Waals surface area contributed by atoms with Gasteiger partial charge in [-0.2, -0.15) is 5.10 Å². The molecule has 1 aromatic heterocycles. The van der Waals surface area contributed by atoms with Crippen LogP contribution in [0.1, 0.15) is 29.2 Å². The van der Waals surface area contributed by atoms with Gasteiger partial charge in [-0.3, -0.25) is 4.79 Å². The van der Waals surface area contributed by atoms with Gasteiger partial charge in [0, 0.05) is 12.6 Å². The van der Waals surface area contributed by atoms with E-state index >= 15 is 0 Å². The first-order valence-corrected chi connectivity index (χ1v) is 5.99. The fraction of sp³-hybridized carbons (Fsp3) is 0.417. The van der Waals surface area contributed by atoms with Crippen LogP contribution < -0.4 is 11.1 Å². The van der Waals surface area contributed by atoms with Gasteiger partial charge in [-0.15, -0.1) is 0 Å². The van der Waals surface area contributed by atoms with Crippen LogP contribution in [0.5, 0.6) is 0 Å². The van der Waals surface area contributed by atoms with Crippen molar-refractivity contribution in [3.8, 4) is 0 Å². The van der Waals surface area contributed by atoms with Gasteiger partial charge in [-0.25, -0.2) is 9.48 Å². The molecule has 1 aliphatic rings. The summed E-state index contributed by atoms with van der Waals surface area (Å²) in [6.07, 6.45) is 6.32. The lowest BCUT2D eigenvalue weighted by molar-refractivity contribution is -0.134. The van der Waals surface area contributed by atoms with E-state index in [2.05, 4.69) is 15.2 Å². The van der Waals surface area contributed by atoms with Gasteiger partial charge in [0.05, 0.1) is 19.3 Å². The van der Waals surface area contributed by atoms with Crippen LogP contribution in [-0.2, 0) is 9.53 Å². The van der Waals surface area contributed by atoms with Crippen molar-refractivity contribution in [1.29, 1.82) is 0 Å². The average molecular weight is 264 g/mol. The topological polar surface area (TPSA) is 99.2 Å². The molecule has 0 aliphatic heterocycles. The molecule has 7 heteroatoms. The molecule has 19 heavy (non-hydrogen) atoms. The molecule has 1 aliphatic carbocycles. The summed E-state index contributed by atoms with van der Waals surface area (Å²) in [5.74, 6) is -0.383. The summed E-state index contributed by atoms with van der Waals surface area (Å²) >= 11 is 0. The van der Waals surface area contributed by atoms with Crippen LogP contribution in [-0.4, -0.2) is 35.3 Å². The largest absolute Gasteiger partial charge is 0.466 e. The van der Waals surface area contributed by atoms with Gasteiger partial charge < -0.3 is 15.8 Å². The lowest BCUT2D eigenvalue weighted by Gasteiger charge is -2.03. The molecular formula is C12H16N4O3. The van der Waals surface area contributed by atoms with E-state index < -0.39 is 5.97 Å². The molecule has 7 nitrogen and oxygen atoms in total. The second kappa shape index (κ2) is 5.55. The van der Waals surface area contributed by atoms with E-state index in [1.807, 2.05) is 0 Å². The Hall–Kier alpha value is -2.31. The SMILES string of the molecule is COC(=O)/C=C/CNC(=O)c1cnn(C2CC2)c1N. The zero-order chi connectivity index (χ0) is 13.8. The molecule has 1 saturated carbocycles. The summed E-state index contributed by atoms with van der Waals surface area (Å²) in [5, 5.41) is 6.73. The highest BCUT2D eigenvalue weighted by Gasteiger charge is 2.28. The number of methoxy groups -OCH3 is 1. The number of amides is 1. The summed E-state index contributed by atoms with van der Waals surface area (Å²) in [4.78, 5) is 22.7. The molecule has 0 unspecified atom stereocenters. The first-order valence-electron chi connectivity index (χ1n) is 5.99. The molecule has 0 atom stereocenters. The van der Waals surface area contributed by atoms with E-state index in [1.54, 1.807) is 4.68 Å². The lowest BCUT2D eigenvalue weighted by atomic mass is 10.3. The number of nitrogen functional groups attached to an aromatic ring is 1. The van der Waals surface area contributed by atoms with E-state index in [-0.39, 0.29) is 12.5 Å². The van der Waals surface area contributed by atoms with E-state index in [4.69, 9.17) is 5.73 Å². The standard InChI is InChI=1S/C12H16N4O3/c1-19-10(17)3-2-6-14-12(18)9-7-15-16(11(9)13)8-4-5-8/h2-3,7-8H,4-6,13H2,1H3,(H,14,18)/b3-2+. The van der Waals surface area contributed by atoms with Crippen molar-refractivity contribution in [3.63, 3.8) is 0 Å². The molecule has 0 bridgehead atoms. The van der Waals surface area contributed by atoms with Crippen LogP contribution in [0.25, 0.3) is 0 Å². The van der Waals surface area contributed by atoms with Crippen molar-refractivity contribution in [2.75, 3.05) is 19.4 Å². The number of anilines is 1. The zero-order valence-electron chi connectivity index (χ0n) is 10.6. The number of hydrogen-bond acceptors (Lipinski definition) is 5. The molecule has 1 heterocycles. The molecule has 1 aromatic rings. The molecule has 2 rings (SSSR count). The average Bonchev–Trinajstić information content (AvgIpc) is 3.17. The van der Waals surface area contributed by atoms with Gasteiger partial charge >= 0.3 is 5.97 Å². The lowest BCUT2D eigenvalue weighted by Crippen LogP contribution is -2.24. The minimum absolute atomic E-state index is 0.224. The number of aromatic nitrogens is 2. The van der Waals surface area contributed by atoms with E-state index in [9.17, 15) is 9.59 Å². The van der Waals surface area contributed by atoms with E-state index in [0.717, 1.165) is 12.8 Å². The van der Waals surface area contributed by atoms with Crippen LogP contribution in [0.3, 0.4) is 0 Å². The molecule has 1 amide bonds. The summed E-state index contributed by atoms with van der Waals surface area (Å²) in [6.45, 7) is 0.224. The van der Waals surface area contributed by atoms with Gasteiger partial charge in [0.2, 0.25) is 0 Å². The van der Waals surface area contributed by atoms with Crippen LogP contribution >= 0.6 is 0 Å². The van der Waals surface area contributed by atoms with Crippen molar-refractivity contribution < 1.29 is 14.3 Å². The van der Waals surface area contributed by atoms with Crippen molar-refractivity contribution in [3.05, 3.63) is 23.9 Å². The molecule has 102 valence electrons. The Morgan fingerprint density at radius 2 is 2.37 bits per heavy atom. The fourth-order valence-corrected chi connectivity index (χ4v) is 1.63. The van der Waals surface area contributed by atoms with Gasteiger partial charge in [0.1, 0.15) is 11.4 Å². The number of nitrogens with two attached hydrogens (primary N) is 1. The molecule has 1 fully saturated rings. The Labute approximate surface area is 110 Å². The normalized spacial score (nSPS) is 14.6. The molecule has 0 aromatic carbocycles. The van der Waals surface area contributed by atoms with Gasteiger partial charge in [0.15, 0.2) is 0 Å². The molecule has 0 radical (unpaired) electrons. The third kappa shape index (κ3) is 3.12. The Kier molecular flexibility index (Phi) is 3.84. The highest BCUT2D eigenvalue weighted by atomic mass is 16.5. The summed E-state index contributed by atoms with van der Waals surface area (Å²) < 4.78 is 6.11. The first kappa shape index (κ1) is 13.1. The molecule has 0 spiro atoms. The van der Waals surface area contributed by atoms with E-state index in [0.29, 0.717) is 17.4 Å². The van der Waals surface area contributed by atoms with Gasteiger partial charge in [-0.1, -0.05) is 6.08 Å². The number of carbonyl (C=O) groups excluding carboxylic acids is 2. The van der Waals surface area contributed by atoms with Crippen LogP contribution in [0.2, 0.25) is 0 Å². The van der Waals surface area contributed by atoms with Crippen molar-refractivity contribution in [1.82, 2.24) is 15.1 Å². The van der Waals surface area contributed by atoms with Crippen molar-refractivity contribution in [2.45, 2.75) is 18.9 Å². The number of rotatable bonds is 5. The fourth-order valence-electron chi connectivity index (χ4n) is 1.63. The smallest absolute Gasteiger partial charge is 0.330 e. The van der Waals surface area contributed by atoms with Crippen LogP contribution in [0.15, 0.2) is 18.3 Å². The maximum atomic E-state index is 11.8. The third-order valence-electron chi connectivity index (χ3n) is 2.81. The summed E-state index contributed by atoms with van der Waals surface area (Å²) in [6, 6.07) is 0.334. The number of esters is 1. The Balaban J connectivity index is 1.89. The number of hydrogen-bond donors (Lipinski definition) is 2. The zero-order valence-corrected chi connectivity index (χ0v) is 10.6. The highest BCUT2D eigenvalue weighted by Crippen LogP contribution is 2.36. The summed E-state index contributed by atoms with van der Waals surface area (Å²) in [7, 11) is 1.29. The van der Waals surface area contributed by atoms with Crippen LogP contribution in [0, 0.1) is 0 Å². The summed E-state index contributed by atoms with van der Waals surface area (Å²) in [5.41, 5.74) is 6.23. The number of ether oxygens (including phenoxy) is 1. The van der Waals surface area contributed by atoms with Gasteiger partial charge in [0.25, 0.3) is 5.91 Å². The monoisotopic (exact) mass is 264 g/mol. The molecule has 0 saturated heterocycles. The maximum absolute atomic E-state index is 11.8. The van der Waals surface area contributed by atoms with E-state index in [1.165, 1.54) is 25.5 Å². The number of carbonyl (C=O) groups is 2. The Morgan fingerprint density at radius 3 is 3.00 bits per heavy atom. The minimum atomic E-state index is -0.463. The highest BCUT2D eigenvalue weighted by molar-refractivity contribution is 5.98. The third-order valence-corrected chi connectivity index (χ3v) is 2.81. The van der Waals surface area contributed by atoms with Crippen molar-refractivity contribution >= 4 is 17.7 Å².